The number of benzene rings is 1. The second-order valence-electron chi connectivity index (χ2n) is 5.74. The van der Waals surface area contributed by atoms with Crippen LogP contribution in [0.2, 0.25) is 0 Å². The number of aliphatic hydroxyl groups is 1. The Kier molecular flexibility index (Phi) is 6.02. The third-order valence-electron chi connectivity index (χ3n) is 4.25. The van der Waals surface area contributed by atoms with Gasteiger partial charge in [0.15, 0.2) is 0 Å². The highest BCUT2D eigenvalue weighted by Crippen LogP contribution is 2.17. The topological polar surface area (TPSA) is 26.7 Å². The highest BCUT2D eigenvalue weighted by atomic mass is 16.3. The molecule has 0 bridgehead atoms. The van der Waals surface area contributed by atoms with Crippen molar-refractivity contribution in [1.82, 2.24) is 9.80 Å². The summed E-state index contributed by atoms with van der Waals surface area (Å²) in [4.78, 5) is 4.83. The molecule has 112 valence electrons. The zero-order chi connectivity index (χ0) is 14.4. The van der Waals surface area contributed by atoms with E-state index in [4.69, 9.17) is 0 Å². The molecule has 0 aliphatic carbocycles. The Morgan fingerprint density at radius 2 is 1.60 bits per heavy atom. The van der Waals surface area contributed by atoms with Crippen molar-refractivity contribution >= 4 is 0 Å². The van der Waals surface area contributed by atoms with Gasteiger partial charge in [-0.3, -0.25) is 4.90 Å². The van der Waals surface area contributed by atoms with Crippen LogP contribution in [0.25, 0.3) is 0 Å². The van der Waals surface area contributed by atoms with Gasteiger partial charge in [-0.2, -0.15) is 0 Å². The molecule has 2 rings (SSSR count). The smallest absolute Gasteiger partial charge is 0.0916 e. The first kappa shape index (κ1) is 15.5. The lowest BCUT2D eigenvalue weighted by atomic mass is 10.0. The molecule has 0 radical (unpaired) electrons. The fraction of sp³-hybridized carbons (Fsp3) is 0.647. The summed E-state index contributed by atoms with van der Waals surface area (Å²) < 4.78 is 0. The first-order chi connectivity index (χ1) is 9.72. The van der Waals surface area contributed by atoms with Crippen LogP contribution in [0.15, 0.2) is 24.3 Å². The van der Waals surface area contributed by atoms with Crippen LogP contribution in [-0.4, -0.2) is 54.2 Å². The largest absolute Gasteiger partial charge is 0.387 e. The monoisotopic (exact) mass is 276 g/mol. The molecule has 1 heterocycles. The van der Waals surface area contributed by atoms with Crippen LogP contribution >= 0.6 is 0 Å². The number of likely N-dealkylation sites (N-methyl/N-ethyl adjacent to an activating group) is 1. The van der Waals surface area contributed by atoms with Crippen molar-refractivity contribution in [2.45, 2.75) is 32.8 Å². The zero-order valence-electron chi connectivity index (χ0n) is 12.9. The van der Waals surface area contributed by atoms with Crippen molar-refractivity contribution in [3.05, 3.63) is 35.4 Å². The normalized spacial score (nSPS) is 19.1. The lowest BCUT2D eigenvalue weighted by Crippen LogP contribution is -2.47. The second-order valence-corrected chi connectivity index (χ2v) is 5.74. The van der Waals surface area contributed by atoms with Crippen LogP contribution in [0.4, 0.5) is 0 Å². The summed E-state index contributed by atoms with van der Waals surface area (Å²) in [5.74, 6) is 0. The van der Waals surface area contributed by atoms with E-state index < -0.39 is 0 Å². The Morgan fingerprint density at radius 1 is 1.00 bits per heavy atom. The molecule has 1 unspecified atom stereocenters. The van der Waals surface area contributed by atoms with E-state index in [0.29, 0.717) is 0 Å². The summed E-state index contributed by atoms with van der Waals surface area (Å²) >= 11 is 0. The molecular formula is C17H28N2O. The molecule has 0 saturated carbocycles. The van der Waals surface area contributed by atoms with Gasteiger partial charge in [0.1, 0.15) is 0 Å². The summed E-state index contributed by atoms with van der Waals surface area (Å²) in [5, 5.41) is 10.4. The van der Waals surface area contributed by atoms with Crippen LogP contribution in [0.1, 0.15) is 37.5 Å². The van der Waals surface area contributed by atoms with Crippen molar-refractivity contribution in [1.29, 1.82) is 0 Å². The van der Waals surface area contributed by atoms with E-state index in [1.165, 1.54) is 12.0 Å². The highest BCUT2D eigenvalue weighted by Gasteiger charge is 2.18. The Morgan fingerprint density at radius 3 is 2.15 bits per heavy atom. The number of piperazine rings is 1. The molecule has 1 aromatic carbocycles. The maximum absolute atomic E-state index is 10.4. The lowest BCUT2D eigenvalue weighted by Gasteiger charge is -2.35. The van der Waals surface area contributed by atoms with Gasteiger partial charge < -0.3 is 10.0 Å². The van der Waals surface area contributed by atoms with Crippen LogP contribution < -0.4 is 0 Å². The maximum atomic E-state index is 10.4. The van der Waals surface area contributed by atoms with Gasteiger partial charge in [0.05, 0.1) is 6.10 Å². The SMILES string of the molecule is CCCc1ccc(C(O)CN2CCN(CC)CC2)cc1. The minimum absolute atomic E-state index is 0.362. The van der Waals surface area contributed by atoms with E-state index in [9.17, 15) is 5.11 Å². The van der Waals surface area contributed by atoms with Gasteiger partial charge >= 0.3 is 0 Å². The van der Waals surface area contributed by atoms with Gasteiger partial charge in [0.25, 0.3) is 0 Å². The van der Waals surface area contributed by atoms with E-state index in [1.807, 2.05) is 0 Å². The van der Waals surface area contributed by atoms with Crippen molar-refractivity contribution in [3.8, 4) is 0 Å². The molecule has 0 amide bonds. The first-order valence-electron chi connectivity index (χ1n) is 7.94. The number of hydrogen-bond acceptors (Lipinski definition) is 3. The maximum Gasteiger partial charge on any atom is 0.0916 e. The summed E-state index contributed by atoms with van der Waals surface area (Å²) in [5.41, 5.74) is 2.41. The predicted octanol–water partition coefficient (Wildman–Crippen LogP) is 2.31. The molecule has 1 fully saturated rings. The van der Waals surface area contributed by atoms with Gasteiger partial charge in [-0.05, 0) is 24.1 Å². The number of aryl methyl sites for hydroxylation is 1. The van der Waals surface area contributed by atoms with E-state index in [-0.39, 0.29) is 6.10 Å². The van der Waals surface area contributed by atoms with Crippen LogP contribution in [0.3, 0.4) is 0 Å². The van der Waals surface area contributed by atoms with Gasteiger partial charge in [-0.25, -0.2) is 0 Å². The molecule has 0 aromatic heterocycles. The van der Waals surface area contributed by atoms with Gasteiger partial charge in [0, 0.05) is 32.7 Å². The van der Waals surface area contributed by atoms with Crippen molar-refractivity contribution < 1.29 is 5.11 Å². The van der Waals surface area contributed by atoms with E-state index in [0.717, 1.165) is 51.3 Å². The second kappa shape index (κ2) is 7.77. The van der Waals surface area contributed by atoms with Crippen LogP contribution in [0, 0.1) is 0 Å². The Hall–Kier alpha value is -0.900. The Bertz CT molecular complexity index is 382. The van der Waals surface area contributed by atoms with Crippen molar-refractivity contribution in [3.63, 3.8) is 0 Å². The summed E-state index contributed by atoms with van der Waals surface area (Å²) in [6, 6.07) is 8.46. The molecule has 3 nitrogen and oxygen atoms in total. The van der Waals surface area contributed by atoms with Gasteiger partial charge in [-0.1, -0.05) is 44.5 Å². The minimum atomic E-state index is -0.362. The third-order valence-corrected chi connectivity index (χ3v) is 4.25. The lowest BCUT2D eigenvalue weighted by molar-refractivity contribution is 0.0744. The highest BCUT2D eigenvalue weighted by molar-refractivity contribution is 5.24. The Balaban J connectivity index is 1.83. The molecule has 1 aliphatic heterocycles. The first-order valence-corrected chi connectivity index (χ1v) is 7.94. The number of nitrogens with zero attached hydrogens (tertiary/aromatic N) is 2. The van der Waals surface area contributed by atoms with Crippen molar-refractivity contribution in [2.24, 2.45) is 0 Å². The molecular weight excluding hydrogens is 248 g/mol. The van der Waals surface area contributed by atoms with Gasteiger partial charge in [0.2, 0.25) is 0 Å². The standard InChI is InChI=1S/C17H28N2O/c1-3-5-15-6-8-16(9-7-15)17(20)14-19-12-10-18(4-2)11-13-19/h6-9,17,20H,3-5,10-14H2,1-2H3. The fourth-order valence-corrected chi connectivity index (χ4v) is 2.83. The Labute approximate surface area is 123 Å². The molecule has 1 aliphatic rings. The summed E-state index contributed by atoms with van der Waals surface area (Å²) in [6.45, 7) is 10.7. The zero-order valence-corrected chi connectivity index (χ0v) is 12.9. The predicted molar refractivity (Wildman–Crippen MR) is 84.0 cm³/mol. The number of rotatable bonds is 6. The average molecular weight is 276 g/mol. The van der Waals surface area contributed by atoms with E-state index in [2.05, 4.69) is 47.9 Å². The van der Waals surface area contributed by atoms with E-state index >= 15 is 0 Å². The number of β-amino-alcohol motifs (C(OH)–C–C–N with tert-alkyl or cyclic N) is 1. The number of hydrogen-bond donors (Lipinski definition) is 1. The van der Waals surface area contributed by atoms with Crippen molar-refractivity contribution in [2.75, 3.05) is 39.3 Å². The summed E-state index contributed by atoms with van der Waals surface area (Å²) in [6.07, 6.45) is 1.93. The molecule has 0 spiro atoms. The third kappa shape index (κ3) is 4.30. The fourth-order valence-electron chi connectivity index (χ4n) is 2.83. The van der Waals surface area contributed by atoms with E-state index in [1.54, 1.807) is 0 Å². The van der Waals surface area contributed by atoms with Gasteiger partial charge in [-0.15, -0.1) is 0 Å². The molecule has 1 saturated heterocycles. The molecule has 20 heavy (non-hydrogen) atoms. The average Bonchev–Trinajstić information content (AvgIpc) is 2.49. The molecule has 1 atom stereocenters. The quantitative estimate of drug-likeness (QED) is 0.864. The molecule has 1 N–H and O–H groups in total. The number of aliphatic hydroxyl groups excluding tert-OH is 1. The molecule has 3 heteroatoms. The van der Waals surface area contributed by atoms with Crippen LogP contribution in [-0.2, 0) is 6.42 Å². The minimum Gasteiger partial charge on any atom is -0.387 e. The van der Waals surface area contributed by atoms with Crippen LogP contribution in [0.5, 0.6) is 0 Å². The summed E-state index contributed by atoms with van der Waals surface area (Å²) in [7, 11) is 0. The molecule has 1 aromatic rings.